The zero-order chi connectivity index (χ0) is 27.2. The quantitative estimate of drug-likeness (QED) is 0.101. The van der Waals surface area contributed by atoms with Gasteiger partial charge in [-0.1, -0.05) is 74.4 Å². The summed E-state index contributed by atoms with van der Waals surface area (Å²) in [5.74, 6) is -1.38. The lowest BCUT2D eigenvalue weighted by Crippen LogP contribution is -2.23. The van der Waals surface area contributed by atoms with E-state index in [1.165, 1.54) is 18.8 Å². The Morgan fingerprint density at radius 3 is 2.36 bits per heavy atom. The van der Waals surface area contributed by atoms with Gasteiger partial charge >= 0.3 is 5.97 Å². The first kappa shape index (κ1) is 32.6. The van der Waals surface area contributed by atoms with Crippen LogP contribution in [0.15, 0.2) is 89.5 Å². The Bertz CT molecular complexity index is 927. The Kier molecular flexibility index (Phi) is 19.0. The number of hydrogen-bond donors (Lipinski definition) is 3. The molecule has 2 amide bonds. The van der Waals surface area contributed by atoms with E-state index >= 15 is 0 Å². The zero-order valence-corrected chi connectivity index (χ0v) is 22.1. The van der Waals surface area contributed by atoms with Crippen molar-refractivity contribution in [2.45, 2.75) is 51.9 Å². The van der Waals surface area contributed by atoms with Gasteiger partial charge in [-0.3, -0.25) is 19.4 Å². The minimum absolute atomic E-state index is 0.0402. The lowest BCUT2D eigenvalue weighted by atomic mass is 10.0. The van der Waals surface area contributed by atoms with Crippen molar-refractivity contribution in [3.8, 4) is 0 Å². The highest BCUT2D eigenvalue weighted by Gasteiger charge is 2.07. The smallest absolute Gasteiger partial charge is 0.303 e. The molecular formula is C28H39N3O4S. The van der Waals surface area contributed by atoms with Crippen molar-refractivity contribution < 1.29 is 19.5 Å². The van der Waals surface area contributed by atoms with Crippen molar-refractivity contribution in [1.82, 2.24) is 5.32 Å². The summed E-state index contributed by atoms with van der Waals surface area (Å²) in [6, 6.07) is 0. The van der Waals surface area contributed by atoms with E-state index in [4.69, 9.17) is 10.8 Å². The zero-order valence-electron chi connectivity index (χ0n) is 21.3. The molecule has 196 valence electrons. The fraction of sp³-hybridized carbons (Fsp3) is 0.357. The van der Waals surface area contributed by atoms with E-state index in [0.717, 1.165) is 31.3 Å². The maximum Gasteiger partial charge on any atom is 0.303 e. The van der Waals surface area contributed by atoms with Gasteiger partial charge in [0.15, 0.2) is 5.04 Å². The second kappa shape index (κ2) is 20.9. The predicted molar refractivity (Wildman–Crippen MR) is 151 cm³/mol. The van der Waals surface area contributed by atoms with E-state index in [-0.39, 0.29) is 23.3 Å². The fourth-order valence-electron chi connectivity index (χ4n) is 2.82. The van der Waals surface area contributed by atoms with E-state index in [9.17, 15) is 14.4 Å². The number of carbonyl (C=O) groups is 3. The first-order chi connectivity index (χ1) is 17.2. The van der Waals surface area contributed by atoms with E-state index < -0.39 is 11.9 Å². The number of rotatable bonds is 17. The minimum atomic E-state index is -0.778. The van der Waals surface area contributed by atoms with Crippen molar-refractivity contribution in [2.75, 3.05) is 7.05 Å². The number of nitrogens with one attached hydrogen (secondary N) is 1. The third-order valence-electron chi connectivity index (χ3n) is 4.73. The molecule has 0 radical (unpaired) electrons. The molecule has 0 spiro atoms. The lowest BCUT2D eigenvalue weighted by Gasteiger charge is -2.08. The summed E-state index contributed by atoms with van der Waals surface area (Å²) in [5, 5.41) is 13.6. The Balaban J connectivity index is 4.48. The number of carboxylic acid groups (broad SMARTS) is 1. The number of primary amides is 1. The van der Waals surface area contributed by atoms with Crippen LogP contribution in [-0.2, 0) is 14.4 Å². The number of amides is 2. The van der Waals surface area contributed by atoms with Crippen LogP contribution >= 0.6 is 11.8 Å². The van der Waals surface area contributed by atoms with Crippen LogP contribution in [0.5, 0.6) is 0 Å². The third-order valence-corrected chi connectivity index (χ3v) is 5.67. The molecule has 8 heteroatoms. The van der Waals surface area contributed by atoms with Crippen LogP contribution in [0, 0.1) is 5.92 Å². The van der Waals surface area contributed by atoms with Crippen molar-refractivity contribution in [3.63, 3.8) is 0 Å². The predicted octanol–water partition coefficient (Wildman–Crippen LogP) is 5.61. The van der Waals surface area contributed by atoms with Crippen LogP contribution in [0.1, 0.15) is 51.9 Å². The van der Waals surface area contributed by atoms with Crippen LogP contribution in [0.25, 0.3) is 0 Å². The average molecular weight is 514 g/mol. The standard InChI is InChI=1S/C28H39N3O4S/c1-5-23(16-11-12-19-26(33)34)17-14-15-22(3)21-25(32)31-24(6-2)18-10-8-7-9-13-20-36-28(30-4)27(29)35/h5-6,8,10,13-15,17-18,20,22H,1-2,7,9,11-12,16,19,21H2,3-4H3,(H2,29,35)(H,31,32)(H,33,34)/b10-8+,15-14+,20-13+,23-17+,24-18+,30-28?. The highest BCUT2D eigenvalue weighted by molar-refractivity contribution is 8.18. The molecule has 0 aliphatic carbocycles. The topological polar surface area (TPSA) is 122 Å². The molecule has 0 saturated heterocycles. The van der Waals surface area contributed by atoms with Gasteiger partial charge in [0.2, 0.25) is 5.91 Å². The number of carbonyl (C=O) groups excluding carboxylic acids is 2. The van der Waals surface area contributed by atoms with Gasteiger partial charge in [0.1, 0.15) is 0 Å². The molecule has 0 bridgehead atoms. The Morgan fingerprint density at radius 1 is 1.06 bits per heavy atom. The van der Waals surface area contributed by atoms with E-state index in [0.29, 0.717) is 18.5 Å². The summed E-state index contributed by atoms with van der Waals surface area (Å²) >= 11 is 1.19. The Morgan fingerprint density at radius 2 is 1.75 bits per heavy atom. The maximum absolute atomic E-state index is 12.3. The molecule has 7 nitrogen and oxygen atoms in total. The highest BCUT2D eigenvalue weighted by atomic mass is 32.2. The summed E-state index contributed by atoms with van der Waals surface area (Å²) in [6.07, 6.45) is 21.1. The first-order valence-corrected chi connectivity index (χ1v) is 12.7. The maximum atomic E-state index is 12.3. The van der Waals surface area contributed by atoms with Gasteiger partial charge < -0.3 is 16.2 Å². The average Bonchev–Trinajstić information content (AvgIpc) is 2.83. The minimum Gasteiger partial charge on any atom is -0.481 e. The molecule has 1 unspecified atom stereocenters. The molecule has 0 rings (SSSR count). The molecule has 0 aliphatic rings. The van der Waals surface area contributed by atoms with Crippen LogP contribution < -0.4 is 11.1 Å². The molecule has 0 aromatic rings. The summed E-state index contributed by atoms with van der Waals surface area (Å²) in [5.41, 5.74) is 6.85. The van der Waals surface area contributed by atoms with Gasteiger partial charge in [-0.15, -0.1) is 0 Å². The second-order valence-electron chi connectivity index (χ2n) is 7.88. The number of hydrogen-bond acceptors (Lipinski definition) is 5. The molecule has 4 N–H and O–H groups in total. The SMILES string of the molecule is C=C/C(=C\C=C\C(C)CC(=O)N/C(C=C)=C/C=C/CC/C=C/SC(=NC)C(N)=O)CCCCC(=O)O. The van der Waals surface area contributed by atoms with E-state index in [2.05, 4.69) is 23.5 Å². The van der Waals surface area contributed by atoms with Crippen molar-refractivity contribution in [3.05, 3.63) is 84.5 Å². The number of carboxylic acids is 1. The molecular weight excluding hydrogens is 474 g/mol. The molecule has 0 aromatic carbocycles. The van der Waals surface area contributed by atoms with Crippen LogP contribution in [-0.4, -0.2) is 35.0 Å². The van der Waals surface area contributed by atoms with Gasteiger partial charge in [0, 0.05) is 25.6 Å². The van der Waals surface area contributed by atoms with Crippen molar-refractivity contribution in [1.29, 1.82) is 0 Å². The third kappa shape index (κ3) is 18.0. The van der Waals surface area contributed by atoms with Gasteiger partial charge in [-0.05, 0) is 61.2 Å². The largest absolute Gasteiger partial charge is 0.481 e. The number of aliphatic imine (C=N–C) groups is 1. The summed E-state index contributed by atoms with van der Waals surface area (Å²) in [7, 11) is 1.52. The molecule has 1 atom stereocenters. The lowest BCUT2D eigenvalue weighted by molar-refractivity contribution is -0.137. The number of allylic oxidation sites excluding steroid dienone is 10. The fourth-order valence-corrected chi connectivity index (χ4v) is 3.41. The first-order valence-electron chi connectivity index (χ1n) is 11.8. The van der Waals surface area contributed by atoms with Crippen LogP contribution in [0.4, 0.5) is 0 Å². The monoisotopic (exact) mass is 513 g/mol. The van der Waals surface area contributed by atoms with Gasteiger partial charge in [0.25, 0.3) is 5.91 Å². The number of nitrogens with two attached hydrogens (primary N) is 1. The summed E-state index contributed by atoms with van der Waals surface area (Å²) in [4.78, 5) is 37.8. The molecule has 0 aliphatic heterocycles. The molecule has 0 fully saturated rings. The van der Waals surface area contributed by atoms with Gasteiger partial charge in [-0.2, -0.15) is 0 Å². The Hall–Kier alpha value is -3.39. The van der Waals surface area contributed by atoms with Crippen molar-refractivity contribution >= 4 is 34.6 Å². The molecule has 0 aromatic heterocycles. The van der Waals surface area contributed by atoms with Gasteiger partial charge in [0.05, 0.1) is 0 Å². The number of thioether (sulfide) groups is 1. The number of nitrogens with zero attached hydrogens (tertiary/aromatic N) is 1. The van der Waals surface area contributed by atoms with Crippen LogP contribution in [0.3, 0.4) is 0 Å². The highest BCUT2D eigenvalue weighted by Crippen LogP contribution is 2.12. The number of unbranched alkanes of at least 4 members (excludes halogenated alkanes) is 2. The van der Waals surface area contributed by atoms with E-state index in [1.54, 1.807) is 23.6 Å². The van der Waals surface area contributed by atoms with Gasteiger partial charge in [-0.25, -0.2) is 0 Å². The normalized spacial score (nSPS) is 13.9. The van der Waals surface area contributed by atoms with Crippen molar-refractivity contribution in [2.24, 2.45) is 16.6 Å². The Labute approximate surface area is 219 Å². The molecule has 0 heterocycles. The summed E-state index contributed by atoms with van der Waals surface area (Å²) in [6.45, 7) is 9.51. The van der Waals surface area contributed by atoms with Crippen LogP contribution in [0.2, 0.25) is 0 Å². The number of aliphatic carboxylic acids is 1. The molecule has 0 saturated carbocycles. The molecule has 36 heavy (non-hydrogen) atoms. The second-order valence-corrected chi connectivity index (χ2v) is 8.77. The van der Waals surface area contributed by atoms with E-state index in [1.807, 2.05) is 43.4 Å². The summed E-state index contributed by atoms with van der Waals surface area (Å²) < 4.78 is 0.